The van der Waals surface area contributed by atoms with Crippen LogP contribution < -0.4 is 11.1 Å². The average molecular weight is 460 g/mol. The number of halogens is 1. The smallest absolute Gasteiger partial charge is 0.189 e. The molecule has 0 aliphatic rings. The SMILES string of the molecule is COCC(C)NC(N)=NCc1csc(CCc2ccccc2)n1.I. The van der Waals surface area contributed by atoms with Crippen molar-refractivity contribution in [2.75, 3.05) is 13.7 Å². The molecule has 1 aromatic heterocycles. The first-order chi connectivity index (χ1) is 11.2. The molecule has 0 fully saturated rings. The number of hydrogen-bond donors (Lipinski definition) is 2. The van der Waals surface area contributed by atoms with E-state index in [0.717, 1.165) is 23.5 Å². The highest BCUT2D eigenvalue weighted by Crippen LogP contribution is 2.13. The number of aryl methyl sites for hydroxylation is 2. The van der Waals surface area contributed by atoms with Crippen molar-refractivity contribution in [1.82, 2.24) is 10.3 Å². The Hall–Kier alpha value is -1.19. The third-order valence-corrected chi connectivity index (χ3v) is 4.25. The van der Waals surface area contributed by atoms with E-state index in [4.69, 9.17) is 10.5 Å². The van der Waals surface area contributed by atoms with E-state index in [1.807, 2.05) is 13.0 Å². The van der Waals surface area contributed by atoms with Gasteiger partial charge in [-0.2, -0.15) is 0 Å². The lowest BCUT2D eigenvalue weighted by atomic mass is 10.1. The number of methoxy groups -OCH3 is 1. The maximum atomic E-state index is 5.85. The van der Waals surface area contributed by atoms with Crippen LogP contribution in [-0.2, 0) is 24.1 Å². The van der Waals surface area contributed by atoms with Crippen molar-refractivity contribution in [3.8, 4) is 0 Å². The van der Waals surface area contributed by atoms with Crippen molar-refractivity contribution in [1.29, 1.82) is 0 Å². The number of hydrogen-bond acceptors (Lipinski definition) is 4. The fraction of sp³-hybridized carbons (Fsp3) is 0.412. The van der Waals surface area contributed by atoms with Crippen molar-refractivity contribution in [3.63, 3.8) is 0 Å². The topological polar surface area (TPSA) is 72.5 Å². The second kappa shape index (κ2) is 11.4. The average Bonchev–Trinajstić information content (AvgIpc) is 3.00. The quantitative estimate of drug-likeness (QED) is 0.361. The number of nitrogens with zero attached hydrogens (tertiary/aromatic N) is 2. The third kappa shape index (κ3) is 7.59. The number of rotatable bonds is 8. The van der Waals surface area contributed by atoms with E-state index >= 15 is 0 Å². The van der Waals surface area contributed by atoms with E-state index in [-0.39, 0.29) is 30.0 Å². The van der Waals surface area contributed by atoms with Crippen molar-refractivity contribution >= 4 is 41.3 Å². The van der Waals surface area contributed by atoms with Gasteiger partial charge in [0.05, 0.1) is 23.9 Å². The third-order valence-electron chi connectivity index (χ3n) is 3.29. The van der Waals surface area contributed by atoms with Crippen LogP contribution in [0.4, 0.5) is 0 Å². The summed E-state index contributed by atoms with van der Waals surface area (Å²) in [6.07, 6.45) is 1.96. The Labute approximate surface area is 164 Å². The molecule has 24 heavy (non-hydrogen) atoms. The van der Waals surface area contributed by atoms with Crippen LogP contribution in [-0.4, -0.2) is 30.7 Å². The Morgan fingerprint density at radius 3 is 2.79 bits per heavy atom. The van der Waals surface area contributed by atoms with Crippen LogP contribution in [0.15, 0.2) is 40.7 Å². The molecule has 0 aliphatic carbocycles. The van der Waals surface area contributed by atoms with Crippen LogP contribution in [0.2, 0.25) is 0 Å². The fourth-order valence-electron chi connectivity index (χ4n) is 2.19. The molecule has 0 radical (unpaired) electrons. The van der Waals surface area contributed by atoms with Crippen LogP contribution in [0.1, 0.15) is 23.2 Å². The van der Waals surface area contributed by atoms with Gasteiger partial charge in [-0.05, 0) is 18.9 Å². The standard InChI is InChI=1S/C17H24N4OS.HI/c1-13(11-22-2)20-17(18)19-10-15-12-23-16(21-15)9-8-14-6-4-3-5-7-14;/h3-7,12-13H,8-11H2,1-2H3,(H3,18,19,20);1H. The largest absolute Gasteiger partial charge is 0.383 e. The molecule has 0 saturated carbocycles. The highest BCUT2D eigenvalue weighted by atomic mass is 127. The van der Waals surface area contributed by atoms with Crippen LogP contribution in [0.25, 0.3) is 0 Å². The molecule has 0 aliphatic heterocycles. The van der Waals surface area contributed by atoms with Gasteiger partial charge in [0, 0.05) is 25.0 Å². The number of aliphatic imine (C=N–C) groups is 1. The lowest BCUT2D eigenvalue weighted by Gasteiger charge is -2.12. The number of benzene rings is 1. The van der Waals surface area contributed by atoms with Gasteiger partial charge in [0.25, 0.3) is 0 Å². The van der Waals surface area contributed by atoms with E-state index in [1.165, 1.54) is 5.56 Å². The zero-order chi connectivity index (χ0) is 16.5. The summed E-state index contributed by atoms with van der Waals surface area (Å²) in [5.41, 5.74) is 8.15. The van der Waals surface area contributed by atoms with Crippen molar-refractivity contribution in [2.45, 2.75) is 32.4 Å². The number of thiazole rings is 1. The monoisotopic (exact) mass is 460 g/mol. The Balaban J connectivity index is 0.00000288. The van der Waals surface area contributed by atoms with E-state index in [9.17, 15) is 0 Å². The summed E-state index contributed by atoms with van der Waals surface area (Å²) in [5, 5.41) is 6.27. The van der Waals surface area contributed by atoms with Crippen molar-refractivity contribution in [2.24, 2.45) is 10.7 Å². The lowest BCUT2D eigenvalue weighted by molar-refractivity contribution is 0.179. The first-order valence-corrected chi connectivity index (χ1v) is 8.58. The minimum absolute atomic E-state index is 0. The molecule has 1 aromatic carbocycles. The Morgan fingerprint density at radius 1 is 1.33 bits per heavy atom. The van der Waals surface area contributed by atoms with Gasteiger partial charge in [-0.3, -0.25) is 0 Å². The first kappa shape index (κ1) is 20.9. The van der Waals surface area contributed by atoms with Gasteiger partial charge in [-0.1, -0.05) is 30.3 Å². The summed E-state index contributed by atoms with van der Waals surface area (Å²) in [6.45, 7) is 3.09. The molecule has 5 nitrogen and oxygen atoms in total. The molecular weight excluding hydrogens is 435 g/mol. The molecule has 2 rings (SSSR count). The predicted molar refractivity (Wildman–Crippen MR) is 111 cm³/mol. The molecule has 2 aromatic rings. The molecular formula is C17H25IN4OS. The van der Waals surface area contributed by atoms with Gasteiger partial charge >= 0.3 is 0 Å². The van der Waals surface area contributed by atoms with Gasteiger partial charge in [0.2, 0.25) is 0 Å². The first-order valence-electron chi connectivity index (χ1n) is 7.70. The van der Waals surface area contributed by atoms with Crippen LogP contribution in [0.3, 0.4) is 0 Å². The molecule has 1 atom stereocenters. The fourth-order valence-corrected chi connectivity index (χ4v) is 2.98. The summed E-state index contributed by atoms with van der Waals surface area (Å²) in [7, 11) is 1.66. The molecule has 132 valence electrons. The second-order valence-corrected chi connectivity index (χ2v) is 6.36. The maximum absolute atomic E-state index is 5.85. The van der Waals surface area contributed by atoms with Crippen molar-refractivity contribution < 1.29 is 4.74 Å². The Bertz CT molecular complexity index is 618. The number of aromatic nitrogens is 1. The van der Waals surface area contributed by atoms with E-state index < -0.39 is 0 Å². The zero-order valence-corrected chi connectivity index (χ0v) is 17.2. The maximum Gasteiger partial charge on any atom is 0.189 e. The lowest BCUT2D eigenvalue weighted by Crippen LogP contribution is -2.40. The molecule has 1 heterocycles. The summed E-state index contributed by atoms with van der Waals surface area (Å²) in [4.78, 5) is 8.94. The zero-order valence-electron chi connectivity index (χ0n) is 14.1. The molecule has 0 saturated heterocycles. The number of ether oxygens (including phenoxy) is 1. The van der Waals surface area contributed by atoms with Gasteiger partial charge < -0.3 is 15.8 Å². The van der Waals surface area contributed by atoms with Gasteiger partial charge in [-0.25, -0.2) is 9.98 Å². The molecule has 0 spiro atoms. The Kier molecular flexibility index (Phi) is 9.89. The van der Waals surface area contributed by atoms with E-state index in [2.05, 4.69) is 44.9 Å². The van der Waals surface area contributed by atoms with Gasteiger partial charge in [0.15, 0.2) is 5.96 Å². The summed E-state index contributed by atoms with van der Waals surface area (Å²) in [5.74, 6) is 0.424. The Morgan fingerprint density at radius 2 is 2.08 bits per heavy atom. The minimum atomic E-state index is 0. The summed E-state index contributed by atoms with van der Waals surface area (Å²) >= 11 is 1.68. The number of guanidine groups is 1. The normalized spacial score (nSPS) is 12.5. The molecule has 0 bridgehead atoms. The molecule has 3 N–H and O–H groups in total. The summed E-state index contributed by atoms with van der Waals surface area (Å²) in [6, 6.07) is 10.6. The highest BCUT2D eigenvalue weighted by molar-refractivity contribution is 14.0. The minimum Gasteiger partial charge on any atom is -0.383 e. The molecule has 0 amide bonds. The van der Waals surface area contributed by atoms with Gasteiger partial charge in [0.1, 0.15) is 0 Å². The highest BCUT2D eigenvalue weighted by Gasteiger charge is 2.04. The van der Waals surface area contributed by atoms with Crippen LogP contribution in [0.5, 0.6) is 0 Å². The van der Waals surface area contributed by atoms with Crippen LogP contribution >= 0.6 is 35.3 Å². The van der Waals surface area contributed by atoms with E-state index in [0.29, 0.717) is 19.1 Å². The predicted octanol–water partition coefficient (Wildman–Crippen LogP) is 2.99. The second-order valence-electron chi connectivity index (χ2n) is 5.42. The van der Waals surface area contributed by atoms with Crippen LogP contribution in [0, 0.1) is 0 Å². The number of nitrogens with two attached hydrogens (primary N) is 1. The molecule has 1 unspecified atom stereocenters. The summed E-state index contributed by atoms with van der Waals surface area (Å²) < 4.78 is 5.05. The number of nitrogens with one attached hydrogen (secondary N) is 1. The molecule has 7 heteroatoms. The van der Waals surface area contributed by atoms with Gasteiger partial charge in [-0.15, -0.1) is 35.3 Å². The van der Waals surface area contributed by atoms with E-state index in [1.54, 1.807) is 18.4 Å². The van der Waals surface area contributed by atoms with Crippen molar-refractivity contribution in [3.05, 3.63) is 52.0 Å².